The van der Waals surface area contributed by atoms with E-state index in [0.717, 1.165) is 12.8 Å². The monoisotopic (exact) mass is 395 g/mol. The summed E-state index contributed by atoms with van der Waals surface area (Å²) in [6, 6.07) is 4.36. The lowest BCUT2D eigenvalue weighted by Crippen LogP contribution is -2.32. The number of rotatable bonds is 8. The molecule has 0 aliphatic carbocycles. The van der Waals surface area contributed by atoms with E-state index in [1.807, 2.05) is 13.8 Å². The molecule has 0 amide bonds. The van der Waals surface area contributed by atoms with E-state index < -0.39 is 10.0 Å². The van der Waals surface area contributed by atoms with Crippen LogP contribution in [0.15, 0.2) is 23.1 Å². The number of benzene rings is 1. The fourth-order valence-electron chi connectivity index (χ4n) is 1.94. The van der Waals surface area contributed by atoms with Crippen LogP contribution in [0.1, 0.15) is 37.0 Å². The summed E-state index contributed by atoms with van der Waals surface area (Å²) >= 11 is 9.13. The summed E-state index contributed by atoms with van der Waals surface area (Å²) in [4.78, 5) is 11.7. The fourth-order valence-corrected chi connectivity index (χ4v) is 4.39. The number of hydrogen-bond donors (Lipinski definition) is 0. The molecule has 1 aromatic rings. The topological polar surface area (TPSA) is 54.5 Å². The molecule has 4 nitrogen and oxygen atoms in total. The lowest BCUT2D eigenvalue weighted by Gasteiger charge is -2.21. The van der Waals surface area contributed by atoms with Crippen LogP contribution in [0.5, 0.6) is 0 Å². The Morgan fingerprint density at radius 1 is 1.24 bits per heavy atom. The largest absolute Gasteiger partial charge is 0.293 e. The predicted molar refractivity (Wildman–Crippen MR) is 88.9 cm³/mol. The van der Waals surface area contributed by atoms with Gasteiger partial charge in [0.25, 0.3) is 0 Å². The molecule has 118 valence electrons. The summed E-state index contributed by atoms with van der Waals surface area (Å²) in [5.41, 5.74) is 0.336. The second kappa shape index (κ2) is 8.27. The van der Waals surface area contributed by atoms with Crippen LogP contribution in [0.2, 0.25) is 5.02 Å². The van der Waals surface area contributed by atoms with Crippen molar-refractivity contribution in [3.8, 4) is 0 Å². The third kappa shape index (κ3) is 4.52. The molecular weight excluding hydrogens is 378 g/mol. The van der Waals surface area contributed by atoms with Gasteiger partial charge in [0.15, 0.2) is 5.78 Å². The van der Waals surface area contributed by atoms with Crippen LogP contribution >= 0.6 is 27.5 Å². The minimum Gasteiger partial charge on any atom is -0.293 e. The summed E-state index contributed by atoms with van der Waals surface area (Å²) in [5.74, 6) is -0.180. The number of carbonyl (C=O) groups is 1. The zero-order valence-corrected chi connectivity index (χ0v) is 15.3. The van der Waals surface area contributed by atoms with Crippen LogP contribution in [-0.4, -0.2) is 36.9 Å². The molecule has 0 aliphatic rings. The van der Waals surface area contributed by atoms with Crippen molar-refractivity contribution in [2.75, 3.05) is 18.4 Å². The molecule has 0 atom stereocenters. The summed E-state index contributed by atoms with van der Waals surface area (Å²) in [6.07, 6.45) is 1.44. The summed E-state index contributed by atoms with van der Waals surface area (Å²) in [6.45, 7) is 4.71. The molecule has 7 heteroatoms. The summed E-state index contributed by atoms with van der Waals surface area (Å²) < 4.78 is 26.8. The van der Waals surface area contributed by atoms with E-state index in [-0.39, 0.29) is 21.0 Å². The maximum atomic E-state index is 12.7. The zero-order chi connectivity index (χ0) is 16.0. The van der Waals surface area contributed by atoms with Crippen molar-refractivity contribution in [2.24, 2.45) is 0 Å². The maximum Gasteiger partial charge on any atom is 0.244 e. The number of ketones is 1. The number of hydrogen-bond acceptors (Lipinski definition) is 3. The van der Waals surface area contributed by atoms with Crippen molar-refractivity contribution in [1.29, 1.82) is 0 Å². The Morgan fingerprint density at radius 3 is 2.29 bits per heavy atom. The van der Waals surface area contributed by atoms with Crippen LogP contribution in [0.4, 0.5) is 0 Å². The van der Waals surface area contributed by atoms with Crippen LogP contribution in [0, 0.1) is 0 Å². The van der Waals surface area contributed by atoms with E-state index in [9.17, 15) is 13.2 Å². The average molecular weight is 397 g/mol. The maximum absolute atomic E-state index is 12.7. The fraction of sp³-hybridized carbons (Fsp3) is 0.500. The molecule has 1 aromatic carbocycles. The third-order valence-electron chi connectivity index (χ3n) is 2.94. The van der Waals surface area contributed by atoms with Gasteiger partial charge in [-0.1, -0.05) is 41.4 Å². The van der Waals surface area contributed by atoms with E-state index in [4.69, 9.17) is 11.6 Å². The third-order valence-corrected chi connectivity index (χ3v) is 5.83. The highest BCUT2D eigenvalue weighted by Gasteiger charge is 2.26. The molecule has 0 heterocycles. The standard InChI is InChI=1S/C14H19BrClNO3S/c1-3-7-17(8-4-2)21(19,20)14-9-11(13(18)10-15)5-6-12(14)16/h5-6,9H,3-4,7-8,10H2,1-2H3. The van der Waals surface area contributed by atoms with Gasteiger partial charge in [-0.2, -0.15) is 4.31 Å². The highest BCUT2D eigenvalue weighted by atomic mass is 79.9. The average Bonchev–Trinajstić information content (AvgIpc) is 2.46. The Morgan fingerprint density at radius 2 is 1.81 bits per heavy atom. The van der Waals surface area contributed by atoms with Gasteiger partial charge in [0.1, 0.15) is 4.90 Å². The first-order chi connectivity index (χ1) is 9.88. The normalized spacial score (nSPS) is 11.9. The molecule has 0 fully saturated rings. The molecule has 21 heavy (non-hydrogen) atoms. The summed E-state index contributed by atoms with van der Waals surface area (Å²) in [5, 5.41) is 0.278. The molecule has 0 saturated carbocycles. The highest BCUT2D eigenvalue weighted by molar-refractivity contribution is 9.09. The number of carbonyl (C=O) groups excluding carboxylic acids is 1. The van der Waals surface area contributed by atoms with Crippen molar-refractivity contribution in [3.63, 3.8) is 0 Å². The number of nitrogens with zero attached hydrogens (tertiary/aromatic N) is 1. The highest BCUT2D eigenvalue weighted by Crippen LogP contribution is 2.26. The molecule has 0 radical (unpaired) electrons. The number of halogens is 2. The second-order valence-corrected chi connectivity index (χ2v) is 7.48. The van der Waals surface area contributed by atoms with E-state index in [2.05, 4.69) is 15.9 Å². The first-order valence-corrected chi connectivity index (χ1v) is 9.71. The van der Waals surface area contributed by atoms with Gasteiger partial charge in [0.2, 0.25) is 10.0 Å². The first kappa shape index (κ1) is 18.6. The Balaban J connectivity index is 3.31. The van der Waals surface area contributed by atoms with Gasteiger partial charge >= 0.3 is 0 Å². The second-order valence-electron chi connectivity index (χ2n) is 4.61. The van der Waals surface area contributed by atoms with Gasteiger partial charge in [-0.3, -0.25) is 4.79 Å². The molecule has 0 N–H and O–H groups in total. The van der Waals surface area contributed by atoms with Crippen molar-refractivity contribution in [2.45, 2.75) is 31.6 Å². The van der Waals surface area contributed by atoms with Crippen LogP contribution in [0.3, 0.4) is 0 Å². The van der Waals surface area contributed by atoms with E-state index in [1.165, 1.54) is 22.5 Å². The molecule has 0 bridgehead atoms. The van der Waals surface area contributed by atoms with Gasteiger partial charge in [0, 0.05) is 18.7 Å². The predicted octanol–water partition coefficient (Wildman–Crippen LogP) is 3.73. The lowest BCUT2D eigenvalue weighted by molar-refractivity contribution is 0.102. The lowest BCUT2D eigenvalue weighted by atomic mass is 10.1. The SMILES string of the molecule is CCCN(CCC)S(=O)(=O)c1cc(C(=O)CBr)ccc1Cl. The van der Waals surface area contributed by atoms with Gasteiger partial charge in [0.05, 0.1) is 10.4 Å². The Hall–Kier alpha value is -0.430. The van der Waals surface area contributed by atoms with E-state index >= 15 is 0 Å². The quantitative estimate of drug-likeness (QED) is 0.497. The Bertz CT molecular complexity index is 598. The minimum atomic E-state index is -3.69. The molecule has 0 aromatic heterocycles. The molecule has 1 rings (SSSR count). The Kier molecular flexibility index (Phi) is 7.33. The minimum absolute atomic E-state index is 0.00198. The van der Waals surface area contributed by atoms with Crippen molar-refractivity contribution < 1.29 is 13.2 Å². The van der Waals surface area contributed by atoms with E-state index in [0.29, 0.717) is 18.7 Å². The van der Waals surface area contributed by atoms with Crippen LogP contribution < -0.4 is 0 Å². The van der Waals surface area contributed by atoms with Crippen molar-refractivity contribution in [3.05, 3.63) is 28.8 Å². The number of Topliss-reactive ketones (excluding diaryl/α,β-unsaturated/α-hetero) is 1. The number of alkyl halides is 1. The van der Waals surface area contributed by atoms with Gasteiger partial charge < -0.3 is 0 Å². The van der Waals surface area contributed by atoms with Gasteiger partial charge in [-0.25, -0.2) is 8.42 Å². The van der Waals surface area contributed by atoms with E-state index in [1.54, 1.807) is 0 Å². The van der Waals surface area contributed by atoms with Crippen molar-refractivity contribution >= 4 is 43.3 Å². The van der Waals surface area contributed by atoms with Gasteiger partial charge in [-0.15, -0.1) is 0 Å². The summed E-state index contributed by atoms with van der Waals surface area (Å²) in [7, 11) is -3.69. The van der Waals surface area contributed by atoms with Crippen LogP contribution in [0.25, 0.3) is 0 Å². The molecule has 0 saturated heterocycles. The molecule has 0 spiro atoms. The first-order valence-electron chi connectivity index (χ1n) is 6.77. The smallest absolute Gasteiger partial charge is 0.244 e. The van der Waals surface area contributed by atoms with Crippen LogP contribution in [-0.2, 0) is 10.0 Å². The zero-order valence-electron chi connectivity index (χ0n) is 12.1. The Labute approximate surface area is 139 Å². The van der Waals surface area contributed by atoms with Gasteiger partial charge in [-0.05, 0) is 31.0 Å². The van der Waals surface area contributed by atoms with Crippen molar-refractivity contribution in [1.82, 2.24) is 4.31 Å². The molecular formula is C14H19BrClNO3S. The number of sulfonamides is 1. The molecule has 0 unspecified atom stereocenters. The molecule has 0 aliphatic heterocycles.